The summed E-state index contributed by atoms with van der Waals surface area (Å²) in [5.74, 6) is 0.964. The Morgan fingerprint density at radius 3 is 2.05 bits per heavy atom. The molecule has 3 aromatic heterocycles. The Kier molecular flexibility index (Phi) is 6.92. The van der Waals surface area contributed by atoms with Gasteiger partial charge in [-0.3, -0.25) is 4.98 Å². The first-order valence-corrected chi connectivity index (χ1v) is 14.7. The number of aromatic nitrogens is 4. The van der Waals surface area contributed by atoms with Crippen molar-refractivity contribution >= 4 is 11.2 Å². The van der Waals surface area contributed by atoms with Crippen molar-refractivity contribution in [1.29, 1.82) is 0 Å². The van der Waals surface area contributed by atoms with E-state index < -0.39 is 0 Å². The fraction of sp³-hybridized carbons (Fsp3) is 0.237. The van der Waals surface area contributed by atoms with E-state index in [4.69, 9.17) is 15.0 Å². The maximum atomic E-state index is 11.6. The van der Waals surface area contributed by atoms with Gasteiger partial charge in [0, 0.05) is 41.7 Å². The Bertz CT molecular complexity index is 1940. The second kappa shape index (κ2) is 10.5. The zero-order valence-corrected chi connectivity index (χ0v) is 26.0. The number of aryl methyl sites for hydroxylation is 1. The zero-order chi connectivity index (χ0) is 30.5. The monoisotopic (exact) mass is 566 g/mol. The highest BCUT2D eigenvalue weighted by Crippen LogP contribution is 2.43. The van der Waals surface area contributed by atoms with Crippen molar-refractivity contribution < 1.29 is 5.11 Å². The molecule has 3 aromatic carbocycles. The molecule has 5 nitrogen and oxygen atoms in total. The predicted molar refractivity (Wildman–Crippen MR) is 177 cm³/mol. The van der Waals surface area contributed by atoms with E-state index in [-0.39, 0.29) is 16.6 Å². The van der Waals surface area contributed by atoms with Gasteiger partial charge in [-0.05, 0) is 51.8 Å². The average Bonchev–Trinajstić information content (AvgIpc) is 3.33. The van der Waals surface area contributed by atoms with Gasteiger partial charge in [0.1, 0.15) is 17.1 Å². The molecule has 6 aromatic rings. The van der Waals surface area contributed by atoms with Gasteiger partial charge in [0.05, 0.1) is 11.3 Å². The van der Waals surface area contributed by atoms with Gasteiger partial charge in [-0.25, -0.2) is 9.97 Å². The number of rotatable bonds is 4. The van der Waals surface area contributed by atoms with Crippen molar-refractivity contribution in [2.45, 2.75) is 52.4 Å². The van der Waals surface area contributed by atoms with Crippen LogP contribution < -0.4 is 0 Å². The third kappa shape index (κ3) is 5.32. The van der Waals surface area contributed by atoms with Crippen LogP contribution in [0.15, 0.2) is 97.3 Å². The van der Waals surface area contributed by atoms with E-state index in [2.05, 4.69) is 102 Å². The number of hydrogen-bond donors (Lipinski definition) is 1. The molecule has 0 fully saturated rings. The van der Waals surface area contributed by atoms with E-state index in [0.717, 1.165) is 61.4 Å². The summed E-state index contributed by atoms with van der Waals surface area (Å²) in [5, 5.41) is 11.6. The molecule has 0 saturated carbocycles. The maximum Gasteiger partial charge on any atom is 0.160 e. The molecule has 3 heterocycles. The van der Waals surface area contributed by atoms with Crippen LogP contribution in [0.5, 0.6) is 5.75 Å². The molecule has 6 rings (SSSR count). The Hall–Kier alpha value is -4.77. The minimum Gasteiger partial charge on any atom is -0.507 e. The van der Waals surface area contributed by atoms with E-state index in [1.807, 2.05) is 48.3 Å². The number of nitrogens with zero attached hydrogens (tertiary/aromatic N) is 4. The second-order valence-electron chi connectivity index (χ2n) is 13.3. The minimum atomic E-state index is -0.234. The number of aromatic hydroxyl groups is 1. The lowest BCUT2D eigenvalue weighted by atomic mass is 9.79. The highest BCUT2D eigenvalue weighted by molar-refractivity contribution is 5.93. The van der Waals surface area contributed by atoms with Crippen LogP contribution in [-0.2, 0) is 17.9 Å². The Labute approximate surface area is 253 Å². The van der Waals surface area contributed by atoms with Gasteiger partial charge in [-0.1, -0.05) is 102 Å². The van der Waals surface area contributed by atoms with Crippen molar-refractivity contribution in [3.05, 3.63) is 108 Å². The number of benzene rings is 3. The second-order valence-corrected chi connectivity index (χ2v) is 13.3. The normalized spacial score (nSPS) is 12.2. The number of pyridine rings is 2. The van der Waals surface area contributed by atoms with Crippen molar-refractivity contribution in [2.75, 3.05) is 0 Å². The summed E-state index contributed by atoms with van der Waals surface area (Å²) in [5.41, 5.74) is 10.2. The van der Waals surface area contributed by atoms with Crippen LogP contribution in [0.1, 0.15) is 52.7 Å². The van der Waals surface area contributed by atoms with Crippen molar-refractivity contribution in [2.24, 2.45) is 7.05 Å². The van der Waals surface area contributed by atoms with Crippen molar-refractivity contribution in [3.63, 3.8) is 0 Å². The molecule has 5 heteroatoms. The van der Waals surface area contributed by atoms with Crippen LogP contribution >= 0.6 is 0 Å². The lowest BCUT2D eigenvalue weighted by molar-refractivity contribution is 0.446. The van der Waals surface area contributed by atoms with Gasteiger partial charge in [-0.2, -0.15) is 0 Å². The fourth-order valence-corrected chi connectivity index (χ4v) is 5.58. The summed E-state index contributed by atoms with van der Waals surface area (Å²) >= 11 is 0. The molecule has 1 N–H and O–H groups in total. The van der Waals surface area contributed by atoms with Crippen LogP contribution in [0.2, 0.25) is 0 Å². The molecule has 0 radical (unpaired) electrons. The lowest BCUT2D eigenvalue weighted by Gasteiger charge is -2.27. The average molecular weight is 567 g/mol. The highest BCUT2D eigenvalue weighted by atomic mass is 16.3. The summed E-state index contributed by atoms with van der Waals surface area (Å²) in [7, 11) is 1.97. The van der Waals surface area contributed by atoms with Crippen LogP contribution in [-0.4, -0.2) is 24.6 Å². The number of hydrogen-bond acceptors (Lipinski definition) is 4. The molecule has 43 heavy (non-hydrogen) atoms. The first kappa shape index (κ1) is 28.4. The van der Waals surface area contributed by atoms with Gasteiger partial charge in [0.2, 0.25) is 0 Å². The molecule has 0 aliphatic rings. The maximum absolute atomic E-state index is 11.6. The Balaban J connectivity index is 1.45. The largest absolute Gasteiger partial charge is 0.507 e. The Morgan fingerprint density at radius 2 is 1.37 bits per heavy atom. The molecular weight excluding hydrogens is 528 g/mol. The van der Waals surface area contributed by atoms with Crippen LogP contribution in [0, 0.1) is 0 Å². The van der Waals surface area contributed by atoms with E-state index in [9.17, 15) is 5.11 Å². The van der Waals surface area contributed by atoms with E-state index in [1.165, 1.54) is 0 Å². The van der Waals surface area contributed by atoms with E-state index >= 15 is 0 Å². The number of phenols is 1. The highest BCUT2D eigenvalue weighted by Gasteiger charge is 2.27. The number of fused-ring (bicyclic) bond motifs is 1. The van der Waals surface area contributed by atoms with Gasteiger partial charge in [-0.15, -0.1) is 0 Å². The first-order valence-electron chi connectivity index (χ1n) is 14.7. The van der Waals surface area contributed by atoms with E-state index in [1.54, 1.807) is 0 Å². The molecule has 0 aliphatic heterocycles. The molecule has 0 saturated heterocycles. The molecule has 0 bridgehead atoms. The van der Waals surface area contributed by atoms with Crippen molar-refractivity contribution in [1.82, 2.24) is 19.5 Å². The van der Waals surface area contributed by atoms with Gasteiger partial charge >= 0.3 is 0 Å². The third-order valence-electron chi connectivity index (χ3n) is 8.12. The van der Waals surface area contributed by atoms with E-state index in [0.29, 0.717) is 5.82 Å². The van der Waals surface area contributed by atoms with Crippen LogP contribution in [0.3, 0.4) is 0 Å². The first-order chi connectivity index (χ1) is 20.4. The number of phenolic OH excluding ortho intramolecular Hbond substituents is 1. The molecular formula is C38H38N4O. The van der Waals surface area contributed by atoms with Gasteiger partial charge in [0.25, 0.3) is 0 Å². The molecule has 216 valence electrons. The third-order valence-corrected chi connectivity index (χ3v) is 8.12. The summed E-state index contributed by atoms with van der Waals surface area (Å²) in [4.78, 5) is 14.6. The topological polar surface area (TPSA) is 63.8 Å². The predicted octanol–water partition coefficient (Wildman–Crippen LogP) is 9.33. The quantitative estimate of drug-likeness (QED) is 0.231. The lowest BCUT2D eigenvalue weighted by Crippen LogP contribution is -2.17. The zero-order valence-electron chi connectivity index (χ0n) is 26.0. The summed E-state index contributed by atoms with van der Waals surface area (Å²) in [6.45, 7) is 13.0. The Morgan fingerprint density at radius 1 is 0.651 bits per heavy atom. The van der Waals surface area contributed by atoms with Crippen molar-refractivity contribution in [3.8, 4) is 50.6 Å². The van der Waals surface area contributed by atoms with Gasteiger partial charge < -0.3 is 9.67 Å². The summed E-state index contributed by atoms with van der Waals surface area (Å²) in [6.07, 6.45) is 3.76. The van der Waals surface area contributed by atoms with Crippen LogP contribution in [0.4, 0.5) is 0 Å². The molecule has 0 spiro atoms. The molecule has 0 atom stereocenters. The summed E-state index contributed by atoms with van der Waals surface area (Å²) < 4.78 is 1.99. The minimum absolute atomic E-state index is 0.0930. The molecule has 0 unspecified atom stereocenters. The standard InChI is InChI=1S/C38H38N4O/c1-37(2,3)28-21-30(34(43)31(22-28)38(4,5)6)35-41-33-29(18-19-39-36(33)42(35)7)25-14-11-15-26(20-25)32-17-16-27(23-40-32)24-12-9-8-10-13-24/h8-23,43H,1-7H3. The molecule has 0 aliphatic carbocycles. The molecule has 0 amide bonds. The summed E-state index contributed by atoms with van der Waals surface area (Å²) in [6, 6.07) is 29.1. The fourth-order valence-electron chi connectivity index (χ4n) is 5.58. The SMILES string of the molecule is Cn1c(-c2cc(C(C)(C)C)cc(C(C)(C)C)c2O)nc2c(-c3cccc(-c4ccc(-c5ccccc5)cn4)c3)ccnc21. The van der Waals surface area contributed by atoms with Gasteiger partial charge in [0.15, 0.2) is 5.65 Å². The van der Waals surface area contributed by atoms with Crippen LogP contribution in [0.25, 0.3) is 56.1 Å². The number of imidazole rings is 1. The smallest absolute Gasteiger partial charge is 0.160 e.